The van der Waals surface area contributed by atoms with E-state index < -0.39 is 30.1 Å². The maximum atomic E-state index is 12.8. The molecule has 4 heterocycles. The molecule has 11 nitrogen and oxygen atoms in total. The van der Waals surface area contributed by atoms with E-state index in [-0.39, 0.29) is 44.6 Å². The summed E-state index contributed by atoms with van der Waals surface area (Å²) in [4.78, 5) is 29.7. The Morgan fingerprint density at radius 2 is 1.83 bits per heavy atom. The van der Waals surface area contributed by atoms with E-state index in [4.69, 9.17) is 0 Å². The molecule has 1 saturated heterocycles. The van der Waals surface area contributed by atoms with Crippen LogP contribution in [0.2, 0.25) is 0 Å². The first-order chi connectivity index (χ1) is 19.9. The highest BCUT2D eigenvalue weighted by atomic mass is 19.4. The number of imidazole rings is 1. The molecule has 0 bridgehead atoms. The molecule has 2 saturated carbocycles. The van der Waals surface area contributed by atoms with E-state index in [1.165, 1.54) is 34.9 Å². The number of hydrogen-bond acceptors (Lipinski definition) is 7. The summed E-state index contributed by atoms with van der Waals surface area (Å²) in [6, 6.07) is -0.941. The van der Waals surface area contributed by atoms with Crippen molar-refractivity contribution in [2.24, 2.45) is 0 Å². The normalized spacial score (nSPS) is 19.6. The lowest BCUT2D eigenvalue weighted by Gasteiger charge is -2.33. The number of alkyl halides is 5. The second kappa shape index (κ2) is 13.4. The number of nitrogens with one attached hydrogen (secondary N) is 2. The van der Waals surface area contributed by atoms with Crippen molar-refractivity contribution < 1.29 is 36.2 Å². The highest BCUT2D eigenvalue weighted by Gasteiger charge is 2.43. The van der Waals surface area contributed by atoms with Crippen molar-refractivity contribution in [1.29, 1.82) is 0 Å². The fraction of sp³-hybridized carbons (Fsp3) is 0.615. The predicted octanol–water partition coefficient (Wildman–Crippen LogP) is 4.95. The third kappa shape index (κ3) is 9.08. The molecular formula is C26H33F5N8O3. The van der Waals surface area contributed by atoms with Crippen LogP contribution in [-0.2, 0) is 13.1 Å². The summed E-state index contributed by atoms with van der Waals surface area (Å²) in [5, 5.41) is 15.9. The second-order valence-electron chi connectivity index (χ2n) is 10.5. The monoisotopic (exact) mass is 600 g/mol. The van der Waals surface area contributed by atoms with Gasteiger partial charge in [-0.25, -0.2) is 27.7 Å². The molecule has 3 aromatic heterocycles. The van der Waals surface area contributed by atoms with Crippen LogP contribution < -0.4 is 10.6 Å². The molecule has 6 rings (SSSR count). The molecule has 3 aromatic rings. The molecule has 3 fully saturated rings. The van der Waals surface area contributed by atoms with Gasteiger partial charge < -0.3 is 15.5 Å². The van der Waals surface area contributed by atoms with Gasteiger partial charge in [0.15, 0.2) is 11.3 Å². The van der Waals surface area contributed by atoms with Crippen LogP contribution in [0.15, 0.2) is 23.1 Å². The van der Waals surface area contributed by atoms with E-state index in [0.29, 0.717) is 35.4 Å². The van der Waals surface area contributed by atoms with Crippen LogP contribution in [0.3, 0.4) is 0 Å². The summed E-state index contributed by atoms with van der Waals surface area (Å²) in [6.45, 7) is 1.77. The number of halogens is 5. The lowest BCUT2D eigenvalue weighted by molar-refractivity contribution is -0.158. The largest absolute Gasteiger partial charge is 0.408 e. The lowest BCUT2D eigenvalue weighted by atomic mass is 9.97. The summed E-state index contributed by atoms with van der Waals surface area (Å²) in [7, 11) is 0. The molecule has 1 aliphatic heterocycles. The smallest absolute Gasteiger partial charge is 0.345 e. The molecule has 1 atom stereocenters. The molecule has 2 aliphatic carbocycles. The number of urea groups is 1. The Bertz CT molecular complexity index is 1350. The van der Waals surface area contributed by atoms with E-state index in [2.05, 4.69) is 30.3 Å². The Hall–Kier alpha value is -3.85. The molecular weight excluding hydrogens is 567 g/mol. The van der Waals surface area contributed by atoms with E-state index >= 15 is 0 Å². The number of hydrogen-bond donors (Lipinski definition) is 2. The number of nitrogens with zero attached hydrogens (tertiary/aromatic N) is 6. The topological polar surface area (TPSA) is 131 Å². The van der Waals surface area contributed by atoms with Crippen LogP contribution in [0.25, 0.3) is 5.65 Å². The van der Waals surface area contributed by atoms with E-state index in [0.717, 1.165) is 6.42 Å². The highest BCUT2D eigenvalue weighted by molar-refractivity contribution is 5.92. The van der Waals surface area contributed by atoms with Crippen LogP contribution in [0, 0.1) is 6.92 Å². The van der Waals surface area contributed by atoms with Gasteiger partial charge in [-0.2, -0.15) is 18.3 Å². The Morgan fingerprint density at radius 1 is 1.14 bits per heavy atom. The summed E-state index contributed by atoms with van der Waals surface area (Å²) in [5.41, 5.74) is 2.04. The lowest BCUT2D eigenvalue weighted by Crippen LogP contribution is -2.56. The SMILES string of the molecule is C1CC1.Cc1nonc1C(=O)NCc1cn2ncc(CN3CCC(C(F)(F)F)NC3=O)cc2n1.FC1(F)CCCCC1. The standard InChI is InChI=1S/C17H17F3N8O3.C6H10F2.C3H6/c1-9-14(26-31-25-9)15(29)21-6-11-8-28-13(23-11)4-10(5-22-28)7-27-3-2-12(17(18,19)20)24-16(27)30;7-6(8)4-2-1-3-5-6;1-2-3-1/h4-5,8,12H,2-3,6-7H2,1H3,(H,21,29)(H,24,30);1-5H2;1-3H2. The zero-order valence-electron chi connectivity index (χ0n) is 23.1. The third-order valence-electron chi connectivity index (χ3n) is 6.70. The van der Waals surface area contributed by atoms with Gasteiger partial charge in [-0.3, -0.25) is 4.79 Å². The zero-order chi connectivity index (χ0) is 30.3. The summed E-state index contributed by atoms with van der Waals surface area (Å²) >= 11 is 0. The van der Waals surface area contributed by atoms with Crippen molar-refractivity contribution in [3.8, 4) is 0 Å². The van der Waals surface area contributed by atoms with Gasteiger partial charge in [0, 0.05) is 25.9 Å². The van der Waals surface area contributed by atoms with Gasteiger partial charge in [-0.05, 0) is 43.0 Å². The van der Waals surface area contributed by atoms with Crippen molar-refractivity contribution >= 4 is 17.6 Å². The minimum atomic E-state index is -4.47. The Kier molecular flexibility index (Phi) is 9.93. The molecule has 230 valence electrons. The minimum absolute atomic E-state index is 0.0246. The van der Waals surface area contributed by atoms with Crippen LogP contribution in [0.4, 0.5) is 26.7 Å². The van der Waals surface area contributed by atoms with Crippen LogP contribution in [-0.4, -0.2) is 66.4 Å². The maximum absolute atomic E-state index is 12.8. The average molecular weight is 601 g/mol. The van der Waals surface area contributed by atoms with E-state index in [9.17, 15) is 31.5 Å². The third-order valence-corrected chi connectivity index (χ3v) is 6.70. The van der Waals surface area contributed by atoms with E-state index in [1.807, 2.05) is 5.32 Å². The summed E-state index contributed by atoms with van der Waals surface area (Å²) in [6.07, 6.45) is 5.60. The molecule has 0 spiro atoms. The fourth-order valence-electron chi connectivity index (χ4n) is 4.21. The molecule has 0 aromatic carbocycles. The van der Waals surface area contributed by atoms with Crippen molar-refractivity contribution in [2.45, 2.75) is 95.9 Å². The molecule has 3 aliphatic rings. The van der Waals surface area contributed by atoms with Gasteiger partial charge in [0.2, 0.25) is 5.92 Å². The van der Waals surface area contributed by atoms with Crippen molar-refractivity contribution in [3.05, 3.63) is 41.1 Å². The van der Waals surface area contributed by atoms with Crippen LogP contribution >= 0.6 is 0 Å². The number of amides is 3. The molecule has 3 amide bonds. The summed E-state index contributed by atoms with van der Waals surface area (Å²) < 4.78 is 68.7. The fourth-order valence-corrected chi connectivity index (χ4v) is 4.21. The van der Waals surface area contributed by atoms with Crippen molar-refractivity contribution in [2.75, 3.05) is 6.54 Å². The van der Waals surface area contributed by atoms with Crippen LogP contribution in [0.5, 0.6) is 0 Å². The van der Waals surface area contributed by atoms with Crippen molar-refractivity contribution in [3.63, 3.8) is 0 Å². The Labute approximate surface area is 238 Å². The highest BCUT2D eigenvalue weighted by Crippen LogP contribution is 2.32. The van der Waals surface area contributed by atoms with Gasteiger partial charge in [0.25, 0.3) is 5.91 Å². The van der Waals surface area contributed by atoms with Gasteiger partial charge in [0.05, 0.1) is 24.6 Å². The number of fused-ring (bicyclic) bond motifs is 1. The first kappa shape index (κ1) is 31.1. The number of carbonyl (C=O) groups is 2. The number of carbonyl (C=O) groups excluding carboxylic acids is 2. The molecule has 2 N–H and O–H groups in total. The molecule has 1 unspecified atom stereocenters. The van der Waals surface area contributed by atoms with Gasteiger partial charge in [0.1, 0.15) is 11.7 Å². The maximum Gasteiger partial charge on any atom is 0.408 e. The second-order valence-corrected chi connectivity index (χ2v) is 10.5. The Balaban J connectivity index is 0.000000306. The van der Waals surface area contributed by atoms with Crippen LogP contribution in [0.1, 0.15) is 85.2 Å². The van der Waals surface area contributed by atoms with Gasteiger partial charge in [-0.15, -0.1) is 0 Å². The van der Waals surface area contributed by atoms with Crippen molar-refractivity contribution in [1.82, 2.24) is 40.4 Å². The minimum Gasteiger partial charge on any atom is -0.345 e. The van der Waals surface area contributed by atoms with E-state index in [1.54, 1.807) is 19.2 Å². The number of rotatable bonds is 5. The molecule has 42 heavy (non-hydrogen) atoms. The number of aromatic nitrogens is 5. The summed E-state index contributed by atoms with van der Waals surface area (Å²) in [5.74, 6) is -2.78. The number of aryl methyl sites for hydroxylation is 1. The molecule has 16 heteroatoms. The predicted molar refractivity (Wildman–Crippen MR) is 138 cm³/mol. The Morgan fingerprint density at radius 3 is 2.38 bits per heavy atom. The van der Waals surface area contributed by atoms with Gasteiger partial charge >= 0.3 is 12.2 Å². The zero-order valence-corrected chi connectivity index (χ0v) is 23.1. The average Bonchev–Trinajstić information content (AvgIpc) is 3.67. The quantitative estimate of drug-likeness (QED) is 0.396. The first-order valence-electron chi connectivity index (χ1n) is 13.8. The first-order valence-corrected chi connectivity index (χ1v) is 13.8. The van der Waals surface area contributed by atoms with Gasteiger partial charge in [-0.1, -0.05) is 30.8 Å². The molecule has 0 radical (unpaired) electrons.